The van der Waals surface area contributed by atoms with Gasteiger partial charge in [0.1, 0.15) is 0 Å². The van der Waals surface area contributed by atoms with Crippen molar-refractivity contribution >= 4 is 45.0 Å². The molecule has 1 aromatic carbocycles. The Kier molecular flexibility index (Phi) is 5.40. The molecule has 1 saturated heterocycles. The van der Waals surface area contributed by atoms with E-state index in [-0.39, 0.29) is 0 Å². The summed E-state index contributed by atoms with van der Waals surface area (Å²) in [6.07, 6.45) is 0. The van der Waals surface area contributed by atoms with Gasteiger partial charge in [0.25, 0.3) is 0 Å². The Labute approximate surface area is 163 Å². The number of benzene rings is 1. The predicted octanol–water partition coefficient (Wildman–Crippen LogP) is 4.22. The molecule has 1 aliphatic rings. The highest BCUT2D eigenvalue weighted by Gasteiger charge is 2.21. The normalized spacial score (nSPS) is 14.8. The summed E-state index contributed by atoms with van der Waals surface area (Å²) in [4.78, 5) is 3.56. The van der Waals surface area contributed by atoms with Crippen LogP contribution in [-0.4, -0.2) is 41.1 Å². The number of thioether (sulfide) groups is 1. The third-order valence-electron chi connectivity index (χ3n) is 3.90. The molecule has 4 rings (SSSR count). The molecule has 3 heterocycles. The number of anilines is 1. The summed E-state index contributed by atoms with van der Waals surface area (Å²) < 4.78 is 8.78. The van der Waals surface area contributed by atoms with E-state index in [0.717, 1.165) is 52.6 Å². The van der Waals surface area contributed by atoms with Crippen LogP contribution in [0.4, 0.5) is 5.95 Å². The minimum absolute atomic E-state index is 0.730. The molecule has 8 heteroatoms. The van der Waals surface area contributed by atoms with Gasteiger partial charge >= 0.3 is 0 Å². The number of halogens is 1. The number of hydrogen-bond acceptors (Lipinski definition) is 6. The molecule has 1 aliphatic heterocycles. The Morgan fingerprint density at radius 2 is 1.88 bits per heavy atom. The molecule has 3 aromatic rings. The average Bonchev–Trinajstić information content (AvgIpc) is 3.27. The van der Waals surface area contributed by atoms with Gasteiger partial charge in [-0.15, -0.1) is 21.5 Å². The largest absolute Gasteiger partial charge is 0.378 e. The van der Waals surface area contributed by atoms with Crippen molar-refractivity contribution in [3.8, 4) is 5.69 Å². The monoisotopic (exact) mass is 436 g/mol. The van der Waals surface area contributed by atoms with Crippen LogP contribution >= 0.6 is 39.0 Å². The number of thiophene rings is 1. The molecular formula is C17H17BrN4OS2. The number of aromatic nitrogens is 3. The third-order valence-corrected chi connectivity index (χ3v) is 6.68. The van der Waals surface area contributed by atoms with E-state index >= 15 is 0 Å². The van der Waals surface area contributed by atoms with Crippen molar-refractivity contribution in [2.24, 2.45) is 0 Å². The Hall–Kier alpha value is -1.35. The fraction of sp³-hybridized carbons (Fsp3) is 0.294. The molecule has 0 N–H and O–H groups in total. The fourth-order valence-electron chi connectivity index (χ4n) is 2.69. The molecule has 0 radical (unpaired) electrons. The van der Waals surface area contributed by atoms with Gasteiger partial charge in [-0.3, -0.25) is 4.57 Å². The summed E-state index contributed by atoms with van der Waals surface area (Å²) in [5.41, 5.74) is 1.09. The van der Waals surface area contributed by atoms with Crippen LogP contribution in [0.2, 0.25) is 0 Å². The smallest absolute Gasteiger partial charge is 0.232 e. The van der Waals surface area contributed by atoms with E-state index in [1.165, 1.54) is 4.88 Å². The molecule has 0 unspecified atom stereocenters. The van der Waals surface area contributed by atoms with Crippen molar-refractivity contribution in [2.45, 2.75) is 10.9 Å². The lowest BCUT2D eigenvalue weighted by atomic mass is 10.3. The van der Waals surface area contributed by atoms with Crippen molar-refractivity contribution in [3.05, 3.63) is 51.1 Å². The highest BCUT2D eigenvalue weighted by molar-refractivity contribution is 9.11. The molecule has 130 valence electrons. The van der Waals surface area contributed by atoms with Crippen LogP contribution in [0.3, 0.4) is 0 Å². The quantitative estimate of drug-likeness (QED) is 0.560. The topological polar surface area (TPSA) is 43.2 Å². The molecule has 25 heavy (non-hydrogen) atoms. The fourth-order valence-corrected chi connectivity index (χ4v) is 5.17. The van der Waals surface area contributed by atoms with E-state index in [2.05, 4.69) is 59.9 Å². The summed E-state index contributed by atoms with van der Waals surface area (Å²) in [7, 11) is 0. The zero-order valence-corrected chi connectivity index (χ0v) is 16.7. The molecule has 1 fully saturated rings. The highest BCUT2D eigenvalue weighted by Crippen LogP contribution is 2.32. The van der Waals surface area contributed by atoms with Gasteiger partial charge in [-0.2, -0.15) is 0 Å². The Bertz CT molecular complexity index is 830. The van der Waals surface area contributed by atoms with E-state index in [4.69, 9.17) is 4.74 Å². The first-order valence-electron chi connectivity index (χ1n) is 8.02. The Morgan fingerprint density at radius 3 is 2.60 bits per heavy atom. The van der Waals surface area contributed by atoms with Gasteiger partial charge in [0.15, 0.2) is 5.16 Å². The van der Waals surface area contributed by atoms with E-state index in [9.17, 15) is 0 Å². The van der Waals surface area contributed by atoms with Gasteiger partial charge in [-0.25, -0.2) is 0 Å². The van der Waals surface area contributed by atoms with Crippen molar-refractivity contribution in [1.82, 2.24) is 14.8 Å². The zero-order valence-electron chi connectivity index (χ0n) is 13.5. The lowest BCUT2D eigenvalue weighted by Gasteiger charge is -2.27. The number of para-hydroxylation sites is 1. The van der Waals surface area contributed by atoms with Gasteiger partial charge < -0.3 is 9.64 Å². The maximum absolute atomic E-state index is 5.47. The van der Waals surface area contributed by atoms with Crippen LogP contribution in [0.15, 0.2) is 51.4 Å². The van der Waals surface area contributed by atoms with E-state index in [1.807, 2.05) is 18.2 Å². The SMILES string of the molecule is Brc1ccc(CSc2nnc(N3CCOCC3)n2-c2ccccc2)s1. The standard InChI is InChI=1S/C17H17BrN4OS2/c18-15-7-6-14(25-15)12-24-17-20-19-16(21-8-10-23-11-9-21)22(17)13-4-2-1-3-5-13/h1-7H,8-12H2. The maximum atomic E-state index is 5.47. The number of hydrogen-bond donors (Lipinski definition) is 0. The molecule has 0 saturated carbocycles. The first-order chi connectivity index (χ1) is 12.3. The summed E-state index contributed by atoms with van der Waals surface area (Å²) in [6.45, 7) is 3.14. The molecule has 0 atom stereocenters. The van der Waals surface area contributed by atoms with Crippen molar-refractivity contribution < 1.29 is 4.74 Å². The van der Waals surface area contributed by atoms with Crippen molar-refractivity contribution in [1.29, 1.82) is 0 Å². The predicted molar refractivity (Wildman–Crippen MR) is 106 cm³/mol. The second kappa shape index (κ2) is 7.90. The molecular weight excluding hydrogens is 420 g/mol. The minimum Gasteiger partial charge on any atom is -0.378 e. The first-order valence-corrected chi connectivity index (χ1v) is 10.6. The Morgan fingerprint density at radius 1 is 1.08 bits per heavy atom. The van der Waals surface area contributed by atoms with Crippen LogP contribution in [0.25, 0.3) is 5.69 Å². The van der Waals surface area contributed by atoms with E-state index in [0.29, 0.717) is 0 Å². The van der Waals surface area contributed by atoms with Crippen LogP contribution in [0.1, 0.15) is 4.88 Å². The minimum atomic E-state index is 0.730. The second-order valence-corrected chi connectivity index (χ2v) is 9.04. The van der Waals surface area contributed by atoms with Gasteiger partial charge in [0, 0.05) is 23.7 Å². The van der Waals surface area contributed by atoms with Gasteiger partial charge in [-0.1, -0.05) is 30.0 Å². The Balaban J connectivity index is 1.64. The molecule has 5 nitrogen and oxygen atoms in total. The average molecular weight is 437 g/mol. The molecule has 2 aromatic heterocycles. The van der Waals surface area contributed by atoms with Crippen LogP contribution < -0.4 is 4.90 Å². The van der Waals surface area contributed by atoms with E-state index < -0.39 is 0 Å². The molecule has 0 aliphatic carbocycles. The lowest BCUT2D eigenvalue weighted by molar-refractivity contribution is 0.122. The zero-order chi connectivity index (χ0) is 17.1. The van der Waals surface area contributed by atoms with Gasteiger partial charge in [0.2, 0.25) is 5.95 Å². The number of nitrogens with zero attached hydrogens (tertiary/aromatic N) is 4. The second-order valence-electron chi connectivity index (χ2n) is 5.55. The highest BCUT2D eigenvalue weighted by atomic mass is 79.9. The summed E-state index contributed by atoms with van der Waals surface area (Å²) in [5.74, 6) is 1.77. The number of ether oxygens (including phenoxy) is 1. The number of morpholine rings is 1. The molecule has 0 spiro atoms. The van der Waals surface area contributed by atoms with Crippen molar-refractivity contribution in [3.63, 3.8) is 0 Å². The molecule has 0 bridgehead atoms. The van der Waals surface area contributed by atoms with Crippen LogP contribution in [0.5, 0.6) is 0 Å². The van der Waals surface area contributed by atoms with Crippen LogP contribution in [0, 0.1) is 0 Å². The lowest BCUT2D eigenvalue weighted by Crippen LogP contribution is -2.37. The number of rotatable bonds is 5. The summed E-state index contributed by atoms with van der Waals surface area (Å²) in [5, 5.41) is 9.88. The van der Waals surface area contributed by atoms with Crippen LogP contribution in [-0.2, 0) is 10.5 Å². The van der Waals surface area contributed by atoms with Gasteiger partial charge in [-0.05, 0) is 40.2 Å². The van der Waals surface area contributed by atoms with Crippen molar-refractivity contribution in [2.75, 3.05) is 31.2 Å². The maximum Gasteiger partial charge on any atom is 0.232 e. The van der Waals surface area contributed by atoms with Gasteiger partial charge in [0.05, 0.1) is 22.7 Å². The summed E-state index contributed by atoms with van der Waals surface area (Å²) in [6, 6.07) is 14.5. The molecule has 0 amide bonds. The first kappa shape index (κ1) is 17.1. The summed E-state index contributed by atoms with van der Waals surface area (Å²) >= 11 is 6.99. The van der Waals surface area contributed by atoms with E-state index in [1.54, 1.807) is 23.1 Å². The third kappa shape index (κ3) is 3.92.